The smallest absolute Gasteiger partial charge is 0.132 e. The number of carbonyl (C=O) groups is 1. The molecule has 0 radical (unpaired) electrons. The van der Waals surface area contributed by atoms with Crippen molar-refractivity contribution in [1.82, 2.24) is 0 Å². The molecule has 1 heteroatoms. The summed E-state index contributed by atoms with van der Waals surface area (Å²) in [4.78, 5) is 12.2. The van der Waals surface area contributed by atoms with Gasteiger partial charge in [-0.3, -0.25) is 4.79 Å². The van der Waals surface area contributed by atoms with E-state index in [0.29, 0.717) is 16.6 Å². The first kappa shape index (κ1) is 21.9. The number of Topliss-reactive ketones (excluding diaryl/α,β-unsaturated/α-hetero) is 1. The van der Waals surface area contributed by atoms with Crippen molar-refractivity contribution in [2.24, 2.45) is 52.3 Å². The van der Waals surface area contributed by atoms with E-state index in [2.05, 4.69) is 34.6 Å². The van der Waals surface area contributed by atoms with Crippen molar-refractivity contribution >= 4 is 5.78 Å². The lowest BCUT2D eigenvalue weighted by Gasteiger charge is -2.59. The molecule has 4 unspecified atom stereocenters. The van der Waals surface area contributed by atoms with E-state index in [1.807, 2.05) is 0 Å². The average Bonchev–Trinajstić information content (AvgIpc) is 2.94. The minimum atomic E-state index is 0.456. The maximum absolute atomic E-state index is 12.2. The lowest BCUT2D eigenvalue weighted by molar-refractivity contribution is -0.119. The van der Waals surface area contributed by atoms with Crippen LogP contribution in [0.25, 0.3) is 0 Å². The predicted molar refractivity (Wildman–Crippen MR) is 123 cm³/mol. The van der Waals surface area contributed by atoms with Gasteiger partial charge in [0.2, 0.25) is 0 Å². The van der Waals surface area contributed by atoms with Gasteiger partial charge in [0.25, 0.3) is 0 Å². The van der Waals surface area contributed by atoms with Crippen LogP contribution in [0.15, 0.2) is 0 Å². The van der Waals surface area contributed by atoms with Crippen LogP contribution < -0.4 is 0 Å². The molecular formula is C28H48O. The second kappa shape index (κ2) is 8.31. The Bertz CT molecular complexity index is 593. The fraction of sp³-hybridized carbons (Fsp3) is 0.964. The molecule has 0 bridgehead atoms. The Hall–Kier alpha value is -0.330. The molecule has 0 aromatic heterocycles. The summed E-state index contributed by atoms with van der Waals surface area (Å²) in [5.74, 6) is 6.92. The SMILES string of the molecule is CC(C)CCC[C@@H](C)[C@H]1CCC2C3CCC4CCC(=O)CC[C@]4(C)C3CC[C@@]21C. The third kappa shape index (κ3) is 3.87. The zero-order chi connectivity index (χ0) is 20.8. The molecule has 0 aromatic carbocycles. The summed E-state index contributed by atoms with van der Waals surface area (Å²) >= 11 is 0. The van der Waals surface area contributed by atoms with Gasteiger partial charge in [-0.15, -0.1) is 0 Å². The Morgan fingerprint density at radius 3 is 2.34 bits per heavy atom. The zero-order valence-corrected chi connectivity index (χ0v) is 20.1. The molecule has 4 saturated carbocycles. The highest BCUT2D eigenvalue weighted by Gasteiger charge is 2.60. The summed E-state index contributed by atoms with van der Waals surface area (Å²) in [7, 11) is 0. The Labute approximate surface area is 181 Å². The molecule has 166 valence electrons. The van der Waals surface area contributed by atoms with Crippen molar-refractivity contribution in [3.8, 4) is 0 Å². The maximum atomic E-state index is 12.2. The molecule has 4 aliphatic rings. The van der Waals surface area contributed by atoms with E-state index in [1.165, 1.54) is 70.6 Å². The third-order valence-corrected chi connectivity index (χ3v) is 11.0. The molecule has 0 aliphatic heterocycles. The van der Waals surface area contributed by atoms with Crippen molar-refractivity contribution in [3.63, 3.8) is 0 Å². The van der Waals surface area contributed by atoms with Crippen molar-refractivity contribution in [3.05, 3.63) is 0 Å². The van der Waals surface area contributed by atoms with Crippen LogP contribution in [0.4, 0.5) is 0 Å². The van der Waals surface area contributed by atoms with E-state index in [0.717, 1.165) is 54.3 Å². The lowest BCUT2D eigenvalue weighted by atomic mass is 9.46. The van der Waals surface area contributed by atoms with Gasteiger partial charge in [0.15, 0.2) is 0 Å². The van der Waals surface area contributed by atoms with Gasteiger partial charge in [0, 0.05) is 12.8 Å². The van der Waals surface area contributed by atoms with Crippen molar-refractivity contribution in [1.29, 1.82) is 0 Å². The Morgan fingerprint density at radius 2 is 1.59 bits per heavy atom. The molecule has 0 N–H and O–H groups in total. The second-order valence-corrected chi connectivity index (χ2v) is 12.8. The molecule has 8 atom stereocenters. The van der Waals surface area contributed by atoms with Gasteiger partial charge in [-0.1, -0.05) is 53.9 Å². The van der Waals surface area contributed by atoms with Crippen LogP contribution in [-0.4, -0.2) is 5.78 Å². The van der Waals surface area contributed by atoms with E-state index in [-0.39, 0.29) is 0 Å². The fourth-order valence-corrected chi connectivity index (χ4v) is 9.29. The number of fused-ring (bicyclic) bond motifs is 5. The molecular weight excluding hydrogens is 352 g/mol. The predicted octanol–water partition coefficient (Wildman–Crippen LogP) is 8.07. The molecule has 0 aromatic rings. The molecule has 4 rings (SSSR count). The summed E-state index contributed by atoms with van der Waals surface area (Å²) < 4.78 is 0. The Morgan fingerprint density at radius 1 is 0.828 bits per heavy atom. The first-order valence-corrected chi connectivity index (χ1v) is 13.3. The third-order valence-electron chi connectivity index (χ3n) is 11.0. The van der Waals surface area contributed by atoms with Gasteiger partial charge in [0.05, 0.1) is 0 Å². The molecule has 4 fully saturated rings. The van der Waals surface area contributed by atoms with Crippen LogP contribution in [0.3, 0.4) is 0 Å². The normalized spacial score (nSPS) is 46.0. The fourth-order valence-electron chi connectivity index (χ4n) is 9.29. The van der Waals surface area contributed by atoms with E-state index in [4.69, 9.17) is 0 Å². The first-order chi connectivity index (χ1) is 13.8. The van der Waals surface area contributed by atoms with Crippen LogP contribution in [0, 0.1) is 52.3 Å². The number of rotatable bonds is 5. The molecule has 1 nitrogen and oxygen atoms in total. The van der Waals surface area contributed by atoms with Gasteiger partial charge in [-0.05, 0) is 104 Å². The van der Waals surface area contributed by atoms with Crippen molar-refractivity contribution in [2.45, 2.75) is 118 Å². The quantitative estimate of drug-likeness (QED) is 0.456. The van der Waals surface area contributed by atoms with Gasteiger partial charge < -0.3 is 0 Å². The summed E-state index contributed by atoms with van der Waals surface area (Å²) in [6.45, 7) is 12.6. The highest BCUT2D eigenvalue weighted by molar-refractivity contribution is 5.78. The zero-order valence-electron chi connectivity index (χ0n) is 20.1. The monoisotopic (exact) mass is 400 g/mol. The lowest BCUT2D eigenvalue weighted by Crippen LogP contribution is -2.52. The minimum Gasteiger partial charge on any atom is -0.300 e. The van der Waals surface area contributed by atoms with E-state index in [9.17, 15) is 4.79 Å². The molecule has 4 aliphatic carbocycles. The molecule has 0 amide bonds. The summed E-state index contributed by atoms with van der Waals surface area (Å²) in [6, 6.07) is 0. The number of hydrogen-bond acceptors (Lipinski definition) is 1. The van der Waals surface area contributed by atoms with Gasteiger partial charge in [0.1, 0.15) is 5.78 Å². The summed E-state index contributed by atoms with van der Waals surface area (Å²) in [6.07, 6.45) is 17.2. The Kier molecular flexibility index (Phi) is 6.27. The van der Waals surface area contributed by atoms with Gasteiger partial charge in [-0.25, -0.2) is 0 Å². The molecule has 0 heterocycles. The number of hydrogen-bond donors (Lipinski definition) is 0. The number of carbonyl (C=O) groups excluding carboxylic acids is 1. The largest absolute Gasteiger partial charge is 0.300 e. The van der Waals surface area contributed by atoms with E-state index >= 15 is 0 Å². The van der Waals surface area contributed by atoms with Crippen LogP contribution in [0.2, 0.25) is 0 Å². The average molecular weight is 401 g/mol. The maximum Gasteiger partial charge on any atom is 0.132 e. The molecule has 29 heavy (non-hydrogen) atoms. The van der Waals surface area contributed by atoms with Gasteiger partial charge in [-0.2, -0.15) is 0 Å². The van der Waals surface area contributed by atoms with Crippen molar-refractivity contribution in [2.75, 3.05) is 0 Å². The Balaban J connectivity index is 1.48. The standard InChI is InChI=1S/C28H48O/c1-19(2)7-6-8-20(3)24-13-14-25-23-12-10-21-9-11-22(29)15-17-27(21,4)26(23)16-18-28(24,25)5/h19-21,23-26H,6-18H2,1-5H3/t20-,21?,23?,24-,25?,26?,27+,28-/m1/s1. The number of ketones is 1. The summed E-state index contributed by atoms with van der Waals surface area (Å²) in [5.41, 5.74) is 1.06. The minimum absolute atomic E-state index is 0.456. The van der Waals surface area contributed by atoms with Crippen LogP contribution in [0.5, 0.6) is 0 Å². The highest BCUT2D eigenvalue weighted by Crippen LogP contribution is 2.68. The first-order valence-electron chi connectivity index (χ1n) is 13.3. The van der Waals surface area contributed by atoms with Crippen LogP contribution >= 0.6 is 0 Å². The van der Waals surface area contributed by atoms with Crippen LogP contribution in [0.1, 0.15) is 118 Å². The topological polar surface area (TPSA) is 17.1 Å². The molecule has 0 saturated heterocycles. The second-order valence-electron chi connectivity index (χ2n) is 12.8. The highest BCUT2D eigenvalue weighted by atomic mass is 16.1. The van der Waals surface area contributed by atoms with Crippen LogP contribution in [-0.2, 0) is 4.79 Å². The van der Waals surface area contributed by atoms with E-state index in [1.54, 1.807) is 0 Å². The molecule has 0 spiro atoms. The van der Waals surface area contributed by atoms with Crippen molar-refractivity contribution < 1.29 is 4.79 Å². The van der Waals surface area contributed by atoms with E-state index < -0.39 is 0 Å². The summed E-state index contributed by atoms with van der Waals surface area (Å²) in [5, 5.41) is 0. The van der Waals surface area contributed by atoms with Gasteiger partial charge >= 0.3 is 0 Å².